The number of amides is 1. The van der Waals surface area contributed by atoms with Gasteiger partial charge in [-0.3, -0.25) is 9.59 Å². The molecule has 1 amide bonds. The average Bonchev–Trinajstić information content (AvgIpc) is 3.17. The highest BCUT2D eigenvalue weighted by Gasteiger charge is 2.09. The number of aromatic nitrogens is 2. The van der Waals surface area contributed by atoms with E-state index in [9.17, 15) is 9.59 Å². The molecule has 1 aliphatic heterocycles. The Labute approximate surface area is 171 Å². The second-order valence-electron chi connectivity index (χ2n) is 7.60. The number of carbonyl (C=O) groups is 2. The first kappa shape index (κ1) is 20.7. The Bertz CT molecular complexity index is 970. The molecule has 4 rings (SSSR count). The molecular weight excluding hydrogens is 364 g/mol. The molecule has 6 heteroatoms. The first-order chi connectivity index (χ1) is 14.0. The number of aldehydes is 1. The number of carbonyl (C=O) groups excluding carboxylic acids is 2. The number of hydrogen-bond acceptors (Lipinski definition) is 4. The first-order valence-electron chi connectivity index (χ1n) is 9.92. The van der Waals surface area contributed by atoms with Crippen LogP contribution in [0.3, 0.4) is 0 Å². The molecule has 3 aromatic rings. The van der Waals surface area contributed by atoms with Gasteiger partial charge >= 0.3 is 0 Å². The van der Waals surface area contributed by atoms with Crippen molar-refractivity contribution in [2.75, 3.05) is 34.2 Å². The van der Waals surface area contributed by atoms with Crippen molar-refractivity contribution in [1.29, 1.82) is 0 Å². The minimum atomic E-state index is -0.0299. The summed E-state index contributed by atoms with van der Waals surface area (Å²) in [6.45, 7) is 2.64. The second kappa shape index (κ2) is 9.47. The lowest BCUT2D eigenvalue weighted by atomic mass is 10.1. The van der Waals surface area contributed by atoms with Crippen molar-refractivity contribution in [3.63, 3.8) is 0 Å². The van der Waals surface area contributed by atoms with Crippen LogP contribution in [0.25, 0.3) is 16.7 Å². The number of fused-ring (bicyclic) bond motifs is 1. The summed E-state index contributed by atoms with van der Waals surface area (Å²) in [4.78, 5) is 31.0. The van der Waals surface area contributed by atoms with Crippen LogP contribution in [0.5, 0.6) is 0 Å². The van der Waals surface area contributed by atoms with Crippen LogP contribution in [0, 0.1) is 0 Å². The first-order valence-corrected chi connectivity index (χ1v) is 9.92. The van der Waals surface area contributed by atoms with Crippen molar-refractivity contribution < 1.29 is 9.59 Å². The molecule has 0 saturated carbocycles. The van der Waals surface area contributed by atoms with E-state index >= 15 is 0 Å². The maximum absolute atomic E-state index is 11.9. The van der Waals surface area contributed by atoms with Gasteiger partial charge in [-0.05, 0) is 69.4 Å². The Morgan fingerprint density at radius 2 is 1.76 bits per heavy atom. The molecule has 0 radical (unpaired) electrons. The summed E-state index contributed by atoms with van der Waals surface area (Å²) in [7, 11) is 5.65. The van der Waals surface area contributed by atoms with E-state index in [1.54, 1.807) is 43.4 Å². The van der Waals surface area contributed by atoms with E-state index in [0.29, 0.717) is 11.1 Å². The molecule has 0 aliphatic carbocycles. The van der Waals surface area contributed by atoms with Crippen molar-refractivity contribution in [3.05, 3.63) is 59.9 Å². The fourth-order valence-electron chi connectivity index (χ4n) is 3.39. The van der Waals surface area contributed by atoms with Crippen LogP contribution in [-0.2, 0) is 0 Å². The van der Waals surface area contributed by atoms with Gasteiger partial charge in [-0.25, -0.2) is 4.98 Å². The molecule has 3 heterocycles. The fraction of sp³-hybridized carbons (Fsp3) is 0.348. The fourth-order valence-corrected chi connectivity index (χ4v) is 3.39. The Kier molecular flexibility index (Phi) is 6.77. The maximum Gasteiger partial charge on any atom is 0.253 e. The lowest BCUT2D eigenvalue weighted by Gasteiger charge is -2.20. The molecule has 0 bridgehead atoms. The maximum atomic E-state index is 11.9. The van der Waals surface area contributed by atoms with E-state index in [0.717, 1.165) is 23.0 Å². The molecule has 0 N–H and O–H groups in total. The van der Waals surface area contributed by atoms with Crippen molar-refractivity contribution in [2.24, 2.45) is 0 Å². The third-order valence-corrected chi connectivity index (χ3v) is 5.06. The van der Waals surface area contributed by atoms with E-state index in [2.05, 4.69) is 16.9 Å². The highest BCUT2D eigenvalue weighted by molar-refractivity contribution is 5.94. The zero-order chi connectivity index (χ0) is 20.8. The van der Waals surface area contributed by atoms with Gasteiger partial charge in [-0.15, -0.1) is 0 Å². The number of rotatable bonds is 3. The highest BCUT2D eigenvalue weighted by Crippen LogP contribution is 2.20. The summed E-state index contributed by atoms with van der Waals surface area (Å²) in [5.74, 6) is -0.0299. The van der Waals surface area contributed by atoms with Crippen LogP contribution in [0.15, 0.2) is 48.8 Å². The van der Waals surface area contributed by atoms with Gasteiger partial charge < -0.3 is 14.4 Å². The third-order valence-electron chi connectivity index (χ3n) is 5.06. The number of pyridine rings is 1. The Balaban J connectivity index is 0.000000290. The van der Waals surface area contributed by atoms with Crippen molar-refractivity contribution in [3.8, 4) is 5.69 Å². The summed E-state index contributed by atoms with van der Waals surface area (Å²) in [6, 6.07) is 11.1. The summed E-state index contributed by atoms with van der Waals surface area (Å²) < 4.78 is 1.92. The third kappa shape index (κ3) is 5.09. The van der Waals surface area contributed by atoms with Gasteiger partial charge in [0.05, 0.1) is 0 Å². The van der Waals surface area contributed by atoms with E-state index in [1.807, 2.05) is 29.0 Å². The molecule has 1 fully saturated rings. The molecule has 6 nitrogen and oxygen atoms in total. The summed E-state index contributed by atoms with van der Waals surface area (Å²) in [5.41, 5.74) is 2.88. The monoisotopic (exact) mass is 392 g/mol. The quantitative estimate of drug-likeness (QED) is 0.639. The lowest BCUT2D eigenvalue weighted by molar-refractivity contribution is 0.0827. The minimum absolute atomic E-state index is 0.0299. The molecule has 1 aromatic carbocycles. The smallest absolute Gasteiger partial charge is 0.253 e. The van der Waals surface area contributed by atoms with Gasteiger partial charge in [0.15, 0.2) is 6.29 Å². The normalized spacial score (nSPS) is 14.2. The van der Waals surface area contributed by atoms with Gasteiger partial charge in [0, 0.05) is 48.7 Å². The molecule has 0 spiro atoms. The summed E-state index contributed by atoms with van der Waals surface area (Å²) in [6.07, 6.45) is 8.51. The Morgan fingerprint density at radius 3 is 2.31 bits per heavy atom. The van der Waals surface area contributed by atoms with Crippen LogP contribution in [-0.4, -0.2) is 65.8 Å². The number of hydrogen-bond donors (Lipinski definition) is 0. The van der Waals surface area contributed by atoms with E-state index in [-0.39, 0.29) is 5.91 Å². The molecule has 1 aliphatic rings. The van der Waals surface area contributed by atoms with Crippen LogP contribution in [0.4, 0.5) is 0 Å². The zero-order valence-electron chi connectivity index (χ0n) is 17.3. The van der Waals surface area contributed by atoms with Gasteiger partial charge in [0.25, 0.3) is 5.91 Å². The SMILES string of the molecule is CN(C)C(=O)c1ccc(-n2ccc3cc(C=O)cnc32)cc1.CN1CCCCC1. The lowest BCUT2D eigenvalue weighted by Crippen LogP contribution is -2.24. The molecule has 0 atom stereocenters. The van der Waals surface area contributed by atoms with Crippen LogP contribution < -0.4 is 0 Å². The number of benzene rings is 1. The molecule has 2 aromatic heterocycles. The zero-order valence-corrected chi connectivity index (χ0v) is 17.3. The van der Waals surface area contributed by atoms with Crippen LogP contribution >= 0.6 is 0 Å². The largest absolute Gasteiger partial charge is 0.345 e. The summed E-state index contributed by atoms with van der Waals surface area (Å²) >= 11 is 0. The van der Waals surface area contributed by atoms with E-state index in [4.69, 9.17) is 0 Å². The molecule has 29 heavy (non-hydrogen) atoms. The second-order valence-corrected chi connectivity index (χ2v) is 7.60. The molecule has 1 saturated heterocycles. The topological polar surface area (TPSA) is 58.4 Å². The molecule has 0 unspecified atom stereocenters. The molecule has 152 valence electrons. The average molecular weight is 393 g/mol. The number of nitrogens with zero attached hydrogens (tertiary/aromatic N) is 4. The predicted octanol–water partition coefficient (Wildman–Crippen LogP) is 3.64. The van der Waals surface area contributed by atoms with E-state index < -0.39 is 0 Å². The van der Waals surface area contributed by atoms with Gasteiger partial charge in [-0.2, -0.15) is 0 Å². The van der Waals surface area contributed by atoms with Crippen LogP contribution in [0.2, 0.25) is 0 Å². The van der Waals surface area contributed by atoms with Crippen molar-refractivity contribution in [1.82, 2.24) is 19.4 Å². The van der Waals surface area contributed by atoms with Crippen LogP contribution in [0.1, 0.15) is 40.0 Å². The molecular formula is C23H28N4O2. The number of likely N-dealkylation sites (tertiary alicyclic amines) is 1. The highest BCUT2D eigenvalue weighted by atomic mass is 16.2. The van der Waals surface area contributed by atoms with Crippen molar-refractivity contribution in [2.45, 2.75) is 19.3 Å². The van der Waals surface area contributed by atoms with Gasteiger partial charge in [0.1, 0.15) is 5.65 Å². The van der Waals surface area contributed by atoms with Gasteiger partial charge in [0.2, 0.25) is 0 Å². The van der Waals surface area contributed by atoms with E-state index in [1.165, 1.54) is 32.4 Å². The Hall–Kier alpha value is -2.99. The summed E-state index contributed by atoms with van der Waals surface area (Å²) in [5, 5.41) is 0.901. The Morgan fingerprint density at radius 1 is 1.07 bits per heavy atom. The standard InChI is InChI=1S/C17H15N3O2.C6H13N/c1-19(2)17(22)13-3-5-15(6-4-13)20-8-7-14-9-12(11-21)10-18-16(14)20;1-7-5-3-2-4-6-7/h3-11H,1-2H3;2-6H2,1H3. The number of piperidine rings is 1. The van der Waals surface area contributed by atoms with Gasteiger partial charge in [-0.1, -0.05) is 6.42 Å². The van der Waals surface area contributed by atoms with Crippen molar-refractivity contribution >= 4 is 23.2 Å². The predicted molar refractivity (Wildman–Crippen MR) is 116 cm³/mol. The minimum Gasteiger partial charge on any atom is -0.345 e.